The number of hydrazine groups is 1. The third-order valence-corrected chi connectivity index (χ3v) is 2.75. The molecule has 6 heteroatoms. The number of hydrogen-bond donors (Lipinski definition) is 1. The molecule has 0 bridgehead atoms. The highest BCUT2D eigenvalue weighted by Gasteiger charge is 2.17. The van der Waals surface area contributed by atoms with Gasteiger partial charge in [-0.15, -0.1) is 0 Å². The van der Waals surface area contributed by atoms with Gasteiger partial charge in [-0.1, -0.05) is 0 Å². The third kappa shape index (κ3) is 5.43. The van der Waals surface area contributed by atoms with Crippen molar-refractivity contribution >= 4 is 25.7 Å². The minimum atomic E-state index is 0. The van der Waals surface area contributed by atoms with Gasteiger partial charge >= 0.3 is 0 Å². The summed E-state index contributed by atoms with van der Waals surface area (Å²) in [5.41, 5.74) is 3.38. The summed E-state index contributed by atoms with van der Waals surface area (Å²) >= 11 is 1.33. The van der Waals surface area contributed by atoms with Gasteiger partial charge in [0.25, 0.3) is 0 Å². The van der Waals surface area contributed by atoms with Crippen molar-refractivity contribution < 1.29 is 4.18 Å². The molecule has 1 fully saturated rings. The fourth-order valence-corrected chi connectivity index (χ4v) is 1.94. The summed E-state index contributed by atoms with van der Waals surface area (Å²) in [4.78, 5) is 2.36. The van der Waals surface area contributed by atoms with Crippen LogP contribution in [0.25, 0.3) is 0 Å². The Kier molecular flexibility index (Phi) is 8.08. The molecule has 0 spiro atoms. The Labute approximate surface area is 98.1 Å². The number of nitrogens with one attached hydrogen (secondary N) is 1. The molecule has 1 heterocycles. The van der Waals surface area contributed by atoms with E-state index in [1.165, 1.54) is 38.2 Å². The maximum atomic E-state index is 4.94. The molecule has 0 radical (unpaired) electrons. The Morgan fingerprint density at radius 3 is 2.50 bits per heavy atom. The fourth-order valence-electron chi connectivity index (χ4n) is 1.53. The van der Waals surface area contributed by atoms with Gasteiger partial charge in [-0.3, -0.25) is 0 Å². The molecule has 0 aliphatic carbocycles. The number of piperidine rings is 1. The van der Waals surface area contributed by atoms with Crippen LogP contribution in [0.3, 0.4) is 0 Å². The van der Waals surface area contributed by atoms with Crippen molar-refractivity contribution in [3.8, 4) is 0 Å². The van der Waals surface area contributed by atoms with Crippen molar-refractivity contribution in [2.24, 2.45) is 0 Å². The van der Waals surface area contributed by atoms with Crippen molar-refractivity contribution in [2.75, 3.05) is 34.3 Å². The first-order chi connectivity index (χ1) is 6.22. The van der Waals surface area contributed by atoms with E-state index >= 15 is 0 Å². The lowest BCUT2D eigenvalue weighted by atomic mass is 10.1. The van der Waals surface area contributed by atoms with E-state index < -0.39 is 0 Å². The third-order valence-electron chi connectivity index (χ3n) is 2.27. The zero-order valence-electron chi connectivity index (χ0n) is 9.12. The van der Waals surface area contributed by atoms with Gasteiger partial charge < -0.3 is 9.08 Å². The number of rotatable bonds is 4. The molecule has 0 aromatic rings. The van der Waals surface area contributed by atoms with Crippen LogP contribution < -0.4 is 5.43 Å². The first-order valence-electron chi connectivity index (χ1n) is 4.61. The van der Waals surface area contributed by atoms with Crippen molar-refractivity contribution in [3.63, 3.8) is 0 Å². The molecular formula is C8H21N3OS2. The number of hydrogen-bond acceptors (Lipinski definition) is 5. The first-order valence-corrected chi connectivity index (χ1v) is 5.31. The van der Waals surface area contributed by atoms with E-state index in [1.807, 2.05) is 11.5 Å². The van der Waals surface area contributed by atoms with Gasteiger partial charge in [0.1, 0.15) is 0 Å². The quantitative estimate of drug-likeness (QED) is 0.446. The smallest absolute Gasteiger partial charge is 0.0968 e. The van der Waals surface area contributed by atoms with Crippen LogP contribution >= 0.6 is 25.7 Å². The SMILES string of the molecule is COSN(C)NC1CCN(C)CC1.S. The summed E-state index contributed by atoms with van der Waals surface area (Å²) in [5, 5.41) is 0. The van der Waals surface area contributed by atoms with E-state index in [1.54, 1.807) is 7.11 Å². The van der Waals surface area contributed by atoms with E-state index in [4.69, 9.17) is 4.18 Å². The molecule has 1 aliphatic rings. The van der Waals surface area contributed by atoms with Crippen molar-refractivity contribution in [1.82, 2.24) is 14.7 Å². The largest absolute Gasteiger partial charge is 0.306 e. The maximum Gasteiger partial charge on any atom is 0.0968 e. The van der Waals surface area contributed by atoms with Crippen LogP contribution in [0.4, 0.5) is 0 Å². The van der Waals surface area contributed by atoms with Gasteiger partial charge in [-0.25, -0.2) is 5.43 Å². The Bertz CT molecular complexity index is 143. The molecule has 4 nitrogen and oxygen atoms in total. The van der Waals surface area contributed by atoms with Crippen LogP contribution in [-0.2, 0) is 4.18 Å². The molecule has 86 valence electrons. The Morgan fingerprint density at radius 2 is 2.00 bits per heavy atom. The van der Waals surface area contributed by atoms with Gasteiger partial charge in [0.15, 0.2) is 0 Å². The molecule has 14 heavy (non-hydrogen) atoms. The van der Waals surface area contributed by atoms with Crippen molar-refractivity contribution in [1.29, 1.82) is 0 Å². The highest BCUT2D eigenvalue weighted by atomic mass is 32.2. The molecule has 1 saturated heterocycles. The molecule has 1 N–H and O–H groups in total. The summed E-state index contributed by atoms with van der Waals surface area (Å²) < 4.78 is 6.86. The molecule has 0 aromatic heterocycles. The summed E-state index contributed by atoms with van der Waals surface area (Å²) in [6.07, 6.45) is 2.43. The normalized spacial score (nSPS) is 19.7. The van der Waals surface area contributed by atoms with Crippen molar-refractivity contribution in [3.05, 3.63) is 0 Å². The van der Waals surface area contributed by atoms with Crippen LogP contribution in [-0.4, -0.2) is 49.7 Å². The number of likely N-dealkylation sites (tertiary alicyclic amines) is 1. The minimum absolute atomic E-state index is 0. The highest BCUT2D eigenvalue weighted by Crippen LogP contribution is 2.11. The molecule has 0 aromatic carbocycles. The lowest BCUT2D eigenvalue weighted by Gasteiger charge is -2.31. The highest BCUT2D eigenvalue weighted by molar-refractivity contribution is 7.92. The standard InChI is InChI=1S/C8H19N3OS.H2S/c1-10-6-4-8(5-7-10)9-11(2)13-12-3;/h8-9H,4-7H2,1-3H3;1H2. The van der Waals surface area contributed by atoms with E-state index in [0.29, 0.717) is 6.04 Å². The first kappa shape index (κ1) is 14.5. The average molecular weight is 239 g/mol. The van der Waals surface area contributed by atoms with Crippen LogP contribution in [0.5, 0.6) is 0 Å². The average Bonchev–Trinajstić information content (AvgIpc) is 2.09. The van der Waals surface area contributed by atoms with Crippen LogP contribution in [0.15, 0.2) is 0 Å². The van der Waals surface area contributed by atoms with Gasteiger partial charge in [0.2, 0.25) is 0 Å². The second kappa shape index (κ2) is 7.78. The van der Waals surface area contributed by atoms with Gasteiger partial charge in [0.05, 0.1) is 19.3 Å². The van der Waals surface area contributed by atoms with Crippen LogP contribution in [0, 0.1) is 0 Å². The van der Waals surface area contributed by atoms with Gasteiger partial charge in [-0.05, 0) is 33.0 Å². The molecule has 0 unspecified atom stereocenters. The second-order valence-electron chi connectivity index (χ2n) is 3.45. The molecule has 0 atom stereocenters. The molecule has 1 aliphatic heterocycles. The zero-order valence-corrected chi connectivity index (χ0v) is 10.9. The lowest BCUT2D eigenvalue weighted by molar-refractivity contribution is 0.196. The van der Waals surface area contributed by atoms with E-state index in [0.717, 1.165) is 0 Å². The lowest BCUT2D eigenvalue weighted by Crippen LogP contribution is -2.45. The van der Waals surface area contributed by atoms with E-state index in [-0.39, 0.29) is 13.5 Å². The Morgan fingerprint density at radius 1 is 1.43 bits per heavy atom. The second-order valence-corrected chi connectivity index (χ2v) is 4.48. The Hall–Kier alpha value is 0.540. The van der Waals surface area contributed by atoms with Gasteiger partial charge in [0, 0.05) is 13.1 Å². The monoisotopic (exact) mass is 239 g/mol. The molecule has 1 rings (SSSR count). The zero-order chi connectivity index (χ0) is 9.68. The summed E-state index contributed by atoms with van der Waals surface area (Å²) in [6, 6.07) is 0.601. The molecular weight excluding hydrogens is 218 g/mol. The summed E-state index contributed by atoms with van der Waals surface area (Å²) in [7, 11) is 5.83. The predicted molar refractivity (Wildman–Crippen MR) is 66.4 cm³/mol. The predicted octanol–water partition coefficient (Wildman–Crippen LogP) is 0.839. The molecule has 0 amide bonds. The fraction of sp³-hybridized carbons (Fsp3) is 1.00. The summed E-state index contributed by atoms with van der Waals surface area (Å²) in [5.74, 6) is 0. The molecule has 0 saturated carbocycles. The summed E-state index contributed by atoms with van der Waals surface area (Å²) in [6.45, 7) is 2.37. The van der Waals surface area contributed by atoms with Gasteiger partial charge in [-0.2, -0.15) is 17.9 Å². The van der Waals surface area contributed by atoms with Crippen LogP contribution in [0.1, 0.15) is 12.8 Å². The number of nitrogens with zero attached hydrogens (tertiary/aromatic N) is 2. The van der Waals surface area contributed by atoms with Crippen molar-refractivity contribution in [2.45, 2.75) is 18.9 Å². The van der Waals surface area contributed by atoms with E-state index in [9.17, 15) is 0 Å². The maximum absolute atomic E-state index is 4.94. The van der Waals surface area contributed by atoms with E-state index in [2.05, 4.69) is 17.4 Å². The Balaban J connectivity index is 0.00000169. The minimum Gasteiger partial charge on any atom is -0.306 e. The van der Waals surface area contributed by atoms with Crippen LogP contribution in [0.2, 0.25) is 0 Å². The topological polar surface area (TPSA) is 27.7 Å².